The number of aryl methyl sites for hydroxylation is 1. The van der Waals surface area contributed by atoms with Gasteiger partial charge in [0.15, 0.2) is 0 Å². The first-order valence-electron chi connectivity index (χ1n) is 8.17. The Labute approximate surface area is 147 Å². The Balaban J connectivity index is 1.69. The molecule has 0 amide bonds. The quantitative estimate of drug-likeness (QED) is 0.673. The number of carbonyl (C=O) groups is 1. The number of aromatic nitrogens is 1. The second-order valence-corrected chi connectivity index (χ2v) is 6.46. The number of benzene rings is 1. The fraction of sp³-hybridized carbons (Fsp3) is 0.300. The predicted octanol–water partition coefficient (Wildman–Crippen LogP) is 2.31. The summed E-state index contributed by atoms with van der Waals surface area (Å²) in [5.74, 6) is 5.53. The number of nitrogens with zero attached hydrogens (tertiary/aromatic N) is 2. The Morgan fingerprint density at radius 3 is 2.80 bits per heavy atom. The molecule has 0 bridgehead atoms. The molecule has 0 aliphatic carbocycles. The lowest BCUT2D eigenvalue weighted by molar-refractivity contribution is -0.128. The molecule has 1 aliphatic heterocycles. The number of pyridine rings is 1. The standard InChI is InChI=1S/C20H20N2O3/c1-15-6-3-4-7-16(15)10-11-19(23)25-18-9-5-8-17(21-18)22-13-12-20(2,24)14-22/h3-9,24H,12-14H2,1-2H3. The largest absolute Gasteiger partial charge is 0.398 e. The molecule has 5 heteroatoms. The van der Waals surface area contributed by atoms with E-state index in [0.29, 0.717) is 25.3 Å². The average molecular weight is 336 g/mol. The van der Waals surface area contributed by atoms with E-state index in [2.05, 4.69) is 16.8 Å². The van der Waals surface area contributed by atoms with Gasteiger partial charge in [0, 0.05) is 30.6 Å². The normalized spacial score (nSPS) is 19.2. The molecule has 1 atom stereocenters. The van der Waals surface area contributed by atoms with Crippen molar-refractivity contribution in [2.24, 2.45) is 0 Å². The highest BCUT2D eigenvalue weighted by molar-refractivity contribution is 5.90. The van der Waals surface area contributed by atoms with Gasteiger partial charge in [-0.3, -0.25) is 0 Å². The zero-order valence-corrected chi connectivity index (χ0v) is 14.3. The van der Waals surface area contributed by atoms with E-state index in [4.69, 9.17) is 4.74 Å². The number of ether oxygens (including phenoxy) is 1. The monoisotopic (exact) mass is 336 g/mol. The van der Waals surface area contributed by atoms with Crippen LogP contribution in [0.4, 0.5) is 5.82 Å². The van der Waals surface area contributed by atoms with E-state index in [1.54, 1.807) is 19.1 Å². The molecular weight excluding hydrogens is 316 g/mol. The lowest BCUT2D eigenvalue weighted by Crippen LogP contribution is -2.30. The SMILES string of the molecule is Cc1ccccc1C#CC(=O)Oc1cccc(N2CCC(C)(O)C2)n1. The van der Waals surface area contributed by atoms with E-state index < -0.39 is 11.6 Å². The fourth-order valence-electron chi connectivity index (χ4n) is 2.73. The third-order valence-electron chi connectivity index (χ3n) is 4.13. The van der Waals surface area contributed by atoms with E-state index in [1.165, 1.54) is 0 Å². The Hall–Kier alpha value is -2.84. The van der Waals surface area contributed by atoms with E-state index in [0.717, 1.165) is 11.1 Å². The minimum atomic E-state index is -0.715. The molecule has 5 nitrogen and oxygen atoms in total. The summed E-state index contributed by atoms with van der Waals surface area (Å²) < 4.78 is 5.22. The second kappa shape index (κ2) is 6.96. The van der Waals surface area contributed by atoms with Crippen LogP contribution in [0.25, 0.3) is 0 Å². The van der Waals surface area contributed by atoms with Crippen molar-refractivity contribution in [3.63, 3.8) is 0 Å². The van der Waals surface area contributed by atoms with Crippen LogP contribution >= 0.6 is 0 Å². The number of anilines is 1. The van der Waals surface area contributed by atoms with E-state index in [9.17, 15) is 9.90 Å². The van der Waals surface area contributed by atoms with Gasteiger partial charge in [-0.1, -0.05) is 30.2 Å². The number of esters is 1. The summed E-state index contributed by atoms with van der Waals surface area (Å²) in [5, 5.41) is 10.1. The van der Waals surface area contributed by atoms with Crippen LogP contribution < -0.4 is 9.64 Å². The molecule has 1 saturated heterocycles. The topological polar surface area (TPSA) is 62.7 Å². The van der Waals surface area contributed by atoms with Crippen molar-refractivity contribution in [1.82, 2.24) is 4.98 Å². The number of β-amino-alcohol motifs (C(OH)–C–C–N with tert-alkyl or cyclic N) is 1. The summed E-state index contributed by atoms with van der Waals surface area (Å²) in [6, 6.07) is 12.8. The minimum absolute atomic E-state index is 0.202. The van der Waals surface area contributed by atoms with Gasteiger partial charge in [-0.15, -0.1) is 0 Å². The molecule has 1 N–H and O–H groups in total. The maximum absolute atomic E-state index is 11.9. The van der Waals surface area contributed by atoms with Gasteiger partial charge >= 0.3 is 5.97 Å². The summed E-state index contributed by atoms with van der Waals surface area (Å²) in [7, 11) is 0. The maximum atomic E-state index is 11.9. The molecule has 0 saturated carbocycles. The number of hydrogen-bond acceptors (Lipinski definition) is 5. The highest BCUT2D eigenvalue weighted by Gasteiger charge is 2.32. The maximum Gasteiger partial charge on any atom is 0.391 e. The van der Waals surface area contributed by atoms with Crippen LogP contribution in [-0.2, 0) is 4.79 Å². The minimum Gasteiger partial charge on any atom is -0.398 e. The van der Waals surface area contributed by atoms with Crippen molar-refractivity contribution in [3.05, 3.63) is 53.6 Å². The molecular formula is C20H20N2O3. The van der Waals surface area contributed by atoms with Crippen molar-refractivity contribution in [2.45, 2.75) is 25.9 Å². The first-order chi connectivity index (χ1) is 11.9. The summed E-state index contributed by atoms with van der Waals surface area (Å²) in [4.78, 5) is 18.2. The van der Waals surface area contributed by atoms with Gasteiger partial charge in [-0.25, -0.2) is 4.79 Å². The Bertz CT molecular complexity index is 849. The van der Waals surface area contributed by atoms with Crippen LogP contribution in [0, 0.1) is 18.8 Å². The van der Waals surface area contributed by atoms with Gasteiger partial charge in [-0.2, -0.15) is 4.98 Å². The van der Waals surface area contributed by atoms with E-state index in [-0.39, 0.29) is 5.88 Å². The Kier molecular flexibility index (Phi) is 4.73. The average Bonchev–Trinajstić information content (AvgIpc) is 2.94. The van der Waals surface area contributed by atoms with Crippen molar-refractivity contribution in [1.29, 1.82) is 0 Å². The Morgan fingerprint density at radius 1 is 1.28 bits per heavy atom. The van der Waals surface area contributed by atoms with Crippen molar-refractivity contribution in [2.75, 3.05) is 18.0 Å². The van der Waals surface area contributed by atoms with E-state index >= 15 is 0 Å². The third-order valence-corrected chi connectivity index (χ3v) is 4.13. The first kappa shape index (κ1) is 17.0. The molecule has 25 heavy (non-hydrogen) atoms. The highest BCUT2D eigenvalue weighted by Crippen LogP contribution is 2.26. The zero-order chi connectivity index (χ0) is 17.9. The van der Waals surface area contributed by atoms with E-state index in [1.807, 2.05) is 42.2 Å². The van der Waals surface area contributed by atoms with Gasteiger partial charge in [0.25, 0.3) is 0 Å². The Morgan fingerprint density at radius 2 is 2.08 bits per heavy atom. The summed E-state index contributed by atoms with van der Waals surface area (Å²) >= 11 is 0. The summed E-state index contributed by atoms with van der Waals surface area (Å²) in [5.41, 5.74) is 1.08. The van der Waals surface area contributed by atoms with Crippen LogP contribution in [0.3, 0.4) is 0 Å². The van der Waals surface area contributed by atoms with Crippen molar-refractivity contribution in [3.8, 4) is 17.7 Å². The molecule has 1 aromatic carbocycles. The number of hydrogen-bond donors (Lipinski definition) is 1. The highest BCUT2D eigenvalue weighted by atomic mass is 16.5. The zero-order valence-electron chi connectivity index (χ0n) is 14.3. The van der Waals surface area contributed by atoms with Crippen LogP contribution in [0.2, 0.25) is 0 Å². The molecule has 1 aromatic heterocycles. The number of carbonyl (C=O) groups excluding carboxylic acids is 1. The molecule has 2 aromatic rings. The molecule has 3 rings (SSSR count). The molecule has 1 unspecified atom stereocenters. The van der Waals surface area contributed by atoms with Crippen LogP contribution in [-0.4, -0.2) is 34.8 Å². The lowest BCUT2D eigenvalue weighted by Gasteiger charge is -2.19. The van der Waals surface area contributed by atoms with Crippen LogP contribution in [0.5, 0.6) is 5.88 Å². The van der Waals surface area contributed by atoms with Gasteiger partial charge in [-0.05, 0) is 38.0 Å². The predicted molar refractivity (Wildman–Crippen MR) is 95.4 cm³/mol. The third kappa shape index (κ3) is 4.37. The van der Waals surface area contributed by atoms with Crippen molar-refractivity contribution >= 4 is 11.8 Å². The van der Waals surface area contributed by atoms with Gasteiger partial charge in [0.05, 0.1) is 5.60 Å². The number of rotatable bonds is 2. The fourth-order valence-corrected chi connectivity index (χ4v) is 2.73. The molecule has 0 spiro atoms. The summed E-state index contributed by atoms with van der Waals surface area (Å²) in [6.07, 6.45) is 0.681. The van der Waals surface area contributed by atoms with Gasteiger partial charge in [0.2, 0.25) is 5.88 Å². The second-order valence-electron chi connectivity index (χ2n) is 6.46. The molecule has 1 fully saturated rings. The van der Waals surface area contributed by atoms with Gasteiger partial charge in [0.1, 0.15) is 5.82 Å². The van der Waals surface area contributed by atoms with Crippen molar-refractivity contribution < 1.29 is 14.6 Å². The molecule has 128 valence electrons. The van der Waals surface area contributed by atoms with Gasteiger partial charge < -0.3 is 14.7 Å². The van der Waals surface area contributed by atoms with Crippen LogP contribution in [0.15, 0.2) is 42.5 Å². The number of aliphatic hydroxyl groups is 1. The molecule has 0 radical (unpaired) electrons. The summed E-state index contributed by atoms with van der Waals surface area (Å²) in [6.45, 7) is 4.96. The molecule has 2 heterocycles. The molecule has 1 aliphatic rings. The first-order valence-corrected chi connectivity index (χ1v) is 8.17. The smallest absolute Gasteiger partial charge is 0.391 e. The van der Waals surface area contributed by atoms with Crippen LogP contribution in [0.1, 0.15) is 24.5 Å². The lowest BCUT2D eigenvalue weighted by atomic mass is 10.1.